The van der Waals surface area contributed by atoms with Crippen LogP contribution in [-0.2, 0) is 6.18 Å². The van der Waals surface area contributed by atoms with E-state index in [-0.39, 0.29) is 12.0 Å². The number of fused-ring (bicyclic) bond motifs is 1. The molecule has 0 spiro atoms. The standard InChI is InChI=1S/C19H21F3N6/c1-28-8-2-3-13(9-23-17-15-10-26-27-18(15)25-11-24-17)16(28)12-4-6-14(7-5-12)19(20,21)22/h4-7,10-11,13,16H,2-3,8-9H2,1H3,(H2,23,24,25,26,27). The van der Waals surface area contributed by atoms with E-state index in [1.165, 1.54) is 18.5 Å². The summed E-state index contributed by atoms with van der Waals surface area (Å²) in [6.07, 6.45) is 0.871. The van der Waals surface area contributed by atoms with Crippen molar-refractivity contribution in [1.82, 2.24) is 25.1 Å². The number of anilines is 1. The van der Waals surface area contributed by atoms with Gasteiger partial charge in [0.15, 0.2) is 5.65 Å². The Kier molecular flexibility index (Phi) is 4.92. The Morgan fingerprint density at radius 2 is 2.00 bits per heavy atom. The summed E-state index contributed by atoms with van der Waals surface area (Å²) in [7, 11) is 2.02. The van der Waals surface area contributed by atoms with E-state index in [9.17, 15) is 13.2 Å². The minimum atomic E-state index is -4.32. The van der Waals surface area contributed by atoms with Crippen LogP contribution in [0.2, 0.25) is 0 Å². The fraction of sp³-hybridized carbons (Fsp3) is 0.421. The van der Waals surface area contributed by atoms with Gasteiger partial charge in [0.05, 0.1) is 17.1 Å². The van der Waals surface area contributed by atoms with Crippen LogP contribution in [0.3, 0.4) is 0 Å². The first-order valence-corrected chi connectivity index (χ1v) is 9.19. The molecule has 1 aliphatic rings. The number of H-pyrrole nitrogens is 1. The summed E-state index contributed by atoms with van der Waals surface area (Å²) < 4.78 is 38.7. The zero-order valence-electron chi connectivity index (χ0n) is 15.4. The number of hydrogen-bond acceptors (Lipinski definition) is 5. The molecule has 1 fully saturated rings. The van der Waals surface area contributed by atoms with Gasteiger partial charge in [-0.05, 0) is 50.0 Å². The van der Waals surface area contributed by atoms with Gasteiger partial charge >= 0.3 is 6.18 Å². The normalized spacial score (nSPS) is 21.1. The van der Waals surface area contributed by atoms with Crippen LogP contribution in [0.15, 0.2) is 36.8 Å². The van der Waals surface area contributed by atoms with Gasteiger partial charge in [0.1, 0.15) is 12.1 Å². The van der Waals surface area contributed by atoms with E-state index >= 15 is 0 Å². The van der Waals surface area contributed by atoms with Gasteiger partial charge in [-0.3, -0.25) is 10.00 Å². The van der Waals surface area contributed by atoms with Crippen LogP contribution >= 0.6 is 0 Å². The molecule has 1 saturated heterocycles. The van der Waals surface area contributed by atoms with Gasteiger partial charge in [0.25, 0.3) is 0 Å². The molecule has 0 radical (unpaired) electrons. The Balaban J connectivity index is 1.54. The fourth-order valence-corrected chi connectivity index (χ4v) is 4.00. The highest BCUT2D eigenvalue weighted by atomic mass is 19.4. The van der Waals surface area contributed by atoms with Gasteiger partial charge in [-0.25, -0.2) is 9.97 Å². The predicted octanol–water partition coefficient (Wildman–Crippen LogP) is 3.87. The van der Waals surface area contributed by atoms with E-state index in [1.54, 1.807) is 18.3 Å². The van der Waals surface area contributed by atoms with Gasteiger partial charge in [0, 0.05) is 12.6 Å². The van der Waals surface area contributed by atoms with Crippen molar-refractivity contribution < 1.29 is 13.2 Å². The van der Waals surface area contributed by atoms with Crippen molar-refractivity contribution in [2.75, 3.05) is 25.5 Å². The molecule has 0 bridgehead atoms. The summed E-state index contributed by atoms with van der Waals surface area (Å²) in [6.45, 7) is 1.58. The molecular weight excluding hydrogens is 369 g/mol. The van der Waals surface area contributed by atoms with Crippen molar-refractivity contribution in [3.63, 3.8) is 0 Å². The van der Waals surface area contributed by atoms with E-state index in [1.807, 2.05) is 7.05 Å². The zero-order chi connectivity index (χ0) is 19.7. The topological polar surface area (TPSA) is 69.7 Å². The van der Waals surface area contributed by atoms with Crippen molar-refractivity contribution >= 4 is 16.9 Å². The van der Waals surface area contributed by atoms with E-state index in [4.69, 9.17) is 0 Å². The number of aromatic amines is 1. The van der Waals surface area contributed by atoms with Crippen molar-refractivity contribution in [2.45, 2.75) is 25.1 Å². The Morgan fingerprint density at radius 3 is 2.75 bits per heavy atom. The molecule has 1 aromatic carbocycles. The van der Waals surface area contributed by atoms with Crippen LogP contribution in [0.5, 0.6) is 0 Å². The van der Waals surface area contributed by atoms with E-state index < -0.39 is 11.7 Å². The monoisotopic (exact) mass is 390 g/mol. The Bertz CT molecular complexity index is 937. The van der Waals surface area contributed by atoms with E-state index in [0.29, 0.717) is 18.0 Å². The number of aromatic nitrogens is 4. The quantitative estimate of drug-likeness (QED) is 0.708. The summed E-state index contributed by atoms with van der Waals surface area (Å²) in [5, 5.41) is 11.0. The van der Waals surface area contributed by atoms with Crippen LogP contribution < -0.4 is 5.32 Å². The second kappa shape index (κ2) is 7.38. The molecule has 0 saturated carbocycles. The second-order valence-electron chi connectivity index (χ2n) is 7.18. The summed E-state index contributed by atoms with van der Waals surface area (Å²) >= 11 is 0. The number of likely N-dealkylation sites (tertiary alicyclic amines) is 1. The Labute approximate surface area is 160 Å². The second-order valence-corrected chi connectivity index (χ2v) is 7.18. The van der Waals surface area contributed by atoms with Crippen LogP contribution in [0.1, 0.15) is 30.0 Å². The molecule has 2 atom stereocenters. The lowest BCUT2D eigenvalue weighted by atomic mass is 9.84. The lowest BCUT2D eigenvalue weighted by molar-refractivity contribution is -0.137. The first-order chi connectivity index (χ1) is 13.4. The zero-order valence-corrected chi connectivity index (χ0v) is 15.4. The van der Waals surface area contributed by atoms with Gasteiger partial charge in [-0.2, -0.15) is 18.3 Å². The molecule has 0 amide bonds. The Morgan fingerprint density at radius 1 is 1.21 bits per heavy atom. The lowest BCUT2D eigenvalue weighted by Gasteiger charge is -2.40. The third-order valence-corrected chi connectivity index (χ3v) is 5.37. The highest BCUT2D eigenvalue weighted by molar-refractivity contribution is 5.85. The number of benzene rings is 1. The third-order valence-electron chi connectivity index (χ3n) is 5.37. The van der Waals surface area contributed by atoms with Gasteiger partial charge in [-0.15, -0.1) is 0 Å². The molecule has 6 nitrogen and oxygen atoms in total. The third kappa shape index (κ3) is 3.66. The Hall–Kier alpha value is -2.68. The molecular formula is C19H21F3N6. The summed E-state index contributed by atoms with van der Waals surface area (Å²) in [6, 6.07) is 5.58. The largest absolute Gasteiger partial charge is 0.416 e. The average Bonchev–Trinajstić information content (AvgIpc) is 3.15. The predicted molar refractivity (Wildman–Crippen MR) is 99.7 cm³/mol. The maximum atomic E-state index is 12.9. The van der Waals surface area contributed by atoms with E-state index in [0.717, 1.165) is 30.3 Å². The summed E-state index contributed by atoms with van der Waals surface area (Å²) in [4.78, 5) is 10.6. The maximum Gasteiger partial charge on any atom is 0.416 e. The highest BCUT2D eigenvalue weighted by Gasteiger charge is 2.33. The number of alkyl halides is 3. The van der Waals surface area contributed by atoms with Crippen molar-refractivity contribution in [3.8, 4) is 0 Å². The smallest absolute Gasteiger partial charge is 0.369 e. The van der Waals surface area contributed by atoms with Crippen molar-refractivity contribution in [3.05, 3.63) is 47.9 Å². The molecule has 4 rings (SSSR count). The molecule has 3 aromatic rings. The van der Waals surface area contributed by atoms with Crippen molar-refractivity contribution in [1.29, 1.82) is 0 Å². The number of nitrogens with zero attached hydrogens (tertiary/aromatic N) is 4. The molecule has 0 aliphatic carbocycles. The molecule has 1 aliphatic heterocycles. The minimum Gasteiger partial charge on any atom is -0.369 e. The van der Waals surface area contributed by atoms with Crippen molar-refractivity contribution in [2.24, 2.45) is 5.92 Å². The number of piperidine rings is 1. The highest BCUT2D eigenvalue weighted by Crippen LogP contribution is 2.37. The van der Waals surface area contributed by atoms with Gasteiger partial charge in [0.2, 0.25) is 0 Å². The minimum absolute atomic E-state index is 0.0465. The number of halogens is 3. The molecule has 3 heterocycles. The fourth-order valence-electron chi connectivity index (χ4n) is 4.00. The SMILES string of the molecule is CN1CCCC(CNc2ncnc3[nH]ncc23)C1c1ccc(C(F)(F)F)cc1. The molecule has 2 aromatic heterocycles. The summed E-state index contributed by atoms with van der Waals surface area (Å²) in [5.74, 6) is 0.950. The van der Waals surface area contributed by atoms with Gasteiger partial charge < -0.3 is 5.32 Å². The van der Waals surface area contributed by atoms with E-state index in [2.05, 4.69) is 30.4 Å². The number of nitrogens with one attached hydrogen (secondary N) is 2. The van der Waals surface area contributed by atoms with Crippen LogP contribution in [0, 0.1) is 5.92 Å². The lowest BCUT2D eigenvalue weighted by Crippen LogP contribution is -2.39. The van der Waals surface area contributed by atoms with Gasteiger partial charge in [-0.1, -0.05) is 12.1 Å². The first-order valence-electron chi connectivity index (χ1n) is 9.19. The maximum absolute atomic E-state index is 12.9. The van der Waals surface area contributed by atoms with Crippen LogP contribution in [-0.4, -0.2) is 45.2 Å². The first kappa shape index (κ1) is 18.7. The van der Waals surface area contributed by atoms with Crippen LogP contribution in [0.4, 0.5) is 19.0 Å². The number of rotatable bonds is 4. The average molecular weight is 390 g/mol. The molecule has 148 valence electrons. The molecule has 2 unspecified atom stereocenters. The molecule has 9 heteroatoms. The number of hydrogen-bond donors (Lipinski definition) is 2. The molecule has 28 heavy (non-hydrogen) atoms. The molecule has 2 N–H and O–H groups in total. The summed E-state index contributed by atoms with van der Waals surface area (Å²) in [5.41, 5.74) is 0.948. The van der Waals surface area contributed by atoms with Crippen LogP contribution in [0.25, 0.3) is 11.0 Å².